The van der Waals surface area contributed by atoms with Crippen LogP contribution in [0.4, 0.5) is 0 Å². The molecule has 0 aliphatic rings. The molecule has 0 fully saturated rings. The lowest BCUT2D eigenvalue weighted by atomic mass is 10.0. The van der Waals surface area contributed by atoms with E-state index in [1.807, 2.05) is 18.2 Å². The molecule has 0 heterocycles. The fourth-order valence-electron chi connectivity index (χ4n) is 2.75. The van der Waals surface area contributed by atoms with Gasteiger partial charge in [-0.25, -0.2) is 0 Å². The summed E-state index contributed by atoms with van der Waals surface area (Å²) in [6.45, 7) is 4.83. The Labute approximate surface area is 155 Å². The van der Waals surface area contributed by atoms with Gasteiger partial charge in [0, 0.05) is 17.5 Å². The van der Waals surface area contributed by atoms with Gasteiger partial charge in [-0.15, -0.1) is 11.8 Å². The molecule has 136 valence electrons. The van der Waals surface area contributed by atoms with Crippen molar-refractivity contribution in [3.63, 3.8) is 0 Å². The van der Waals surface area contributed by atoms with Gasteiger partial charge in [-0.05, 0) is 67.8 Å². The van der Waals surface area contributed by atoms with Gasteiger partial charge in [0.2, 0.25) is 0 Å². The summed E-state index contributed by atoms with van der Waals surface area (Å²) in [7, 11) is 1.68. The van der Waals surface area contributed by atoms with Gasteiger partial charge in [0.1, 0.15) is 5.75 Å². The van der Waals surface area contributed by atoms with Crippen molar-refractivity contribution in [3.05, 3.63) is 59.2 Å². The third kappa shape index (κ3) is 6.07. The Morgan fingerprint density at radius 2 is 1.88 bits per heavy atom. The van der Waals surface area contributed by atoms with Crippen LogP contribution in [0.25, 0.3) is 0 Å². The number of nitrogens with one attached hydrogen (secondary N) is 1. The Bertz CT molecular complexity index is 657. The number of hydrogen-bond donors (Lipinski definition) is 2. The van der Waals surface area contributed by atoms with Crippen molar-refractivity contribution in [2.45, 2.75) is 43.7 Å². The lowest BCUT2D eigenvalue weighted by Gasteiger charge is -2.18. The summed E-state index contributed by atoms with van der Waals surface area (Å²) in [6.07, 6.45) is 3.63. The average Bonchev–Trinajstić information content (AvgIpc) is 2.65. The van der Waals surface area contributed by atoms with E-state index in [0.29, 0.717) is 12.6 Å². The molecule has 2 atom stereocenters. The lowest BCUT2D eigenvalue weighted by molar-refractivity contribution is 0.170. The number of methoxy groups -OCH3 is 1. The van der Waals surface area contributed by atoms with Gasteiger partial charge in [0.25, 0.3) is 0 Å². The minimum absolute atomic E-state index is 0.349. The normalized spacial score (nSPS) is 13.5. The number of aliphatic hydroxyl groups is 1. The van der Waals surface area contributed by atoms with Crippen LogP contribution >= 0.6 is 11.8 Å². The molecule has 0 saturated carbocycles. The van der Waals surface area contributed by atoms with Crippen LogP contribution in [0.3, 0.4) is 0 Å². The molecule has 0 saturated heterocycles. The van der Waals surface area contributed by atoms with E-state index >= 15 is 0 Å². The molecule has 2 unspecified atom stereocenters. The number of aliphatic hydroxyl groups excluding tert-OH is 1. The summed E-state index contributed by atoms with van der Waals surface area (Å²) in [6, 6.07) is 14.8. The lowest BCUT2D eigenvalue weighted by Crippen LogP contribution is -2.30. The summed E-state index contributed by atoms with van der Waals surface area (Å²) >= 11 is 1.72. The zero-order valence-electron chi connectivity index (χ0n) is 15.6. The predicted molar refractivity (Wildman–Crippen MR) is 107 cm³/mol. The summed E-state index contributed by atoms with van der Waals surface area (Å²) in [4.78, 5) is 1.23. The summed E-state index contributed by atoms with van der Waals surface area (Å²) in [5, 5.41) is 13.9. The van der Waals surface area contributed by atoms with Crippen molar-refractivity contribution in [1.29, 1.82) is 0 Å². The van der Waals surface area contributed by atoms with E-state index in [4.69, 9.17) is 4.74 Å². The summed E-state index contributed by atoms with van der Waals surface area (Å²) in [5.41, 5.74) is 3.53. The van der Waals surface area contributed by atoms with Crippen molar-refractivity contribution in [1.82, 2.24) is 5.32 Å². The van der Waals surface area contributed by atoms with Crippen LogP contribution in [0.1, 0.15) is 36.1 Å². The molecule has 0 radical (unpaired) electrons. The monoisotopic (exact) mass is 359 g/mol. The van der Waals surface area contributed by atoms with Gasteiger partial charge in [0.15, 0.2) is 0 Å². The highest BCUT2D eigenvalue weighted by atomic mass is 32.2. The molecule has 0 bridgehead atoms. The SMILES string of the molecule is COc1ccc(CCC(C)NCC(O)c2ccc(C)c(SC)c2)cc1. The van der Waals surface area contributed by atoms with E-state index < -0.39 is 6.10 Å². The predicted octanol–water partition coefficient (Wildman–Crippen LogP) is 4.37. The van der Waals surface area contributed by atoms with Gasteiger partial charge in [-0.1, -0.05) is 24.3 Å². The van der Waals surface area contributed by atoms with Crippen LogP contribution in [0.2, 0.25) is 0 Å². The number of rotatable bonds is 9. The second kappa shape index (κ2) is 9.85. The molecule has 0 aromatic heterocycles. The van der Waals surface area contributed by atoms with Crippen LogP contribution in [-0.2, 0) is 6.42 Å². The van der Waals surface area contributed by atoms with Crippen molar-refractivity contribution in [2.24, 2.45) is 0 Å². The van der Waals surface area contributed by atoms with Crippen molar-refractivity contribution in [3.8, 4) is 5.75 Å². The quantitative estimate of drug-likeness (QED) is 0.652. The number of aryl methyl sites for hydroxylation is 2. The fraction of sp³-hybridized carbons (Fsp3) is 0.429. The van der Waals surface area contributed by atoms with Crippen LogP contribution in [0, 0.1) is 6.92 Å². The van der Waals surface area contributed by atoms with Gasteiger partial charge in [-0.2, -0.15) is 0 Å². The van der Waals surface area contributed by atoms with Crippen molar-refractivity contribution < 1.29 is 9.84 Å². The second-order valence-electron chi connectivity index (χ2n) is 6.44. The molecule has 25 heavy (non-hydrogen) atoms. The van der Waals surface area contributed by atoms with Crippen LogP contribution in [-0.4, -0.2) is 31.1 Å². The highest BCUT2D eigenvalue weighted by molar-refractivity contribution is 7.98. The first kappa shape index (κ1) is 19.8. The smallest absolute Gasteiger partial charge is 0.118 e. The fourth-order valence-corrected chi connectivity index (χ4v) is 3.40. The van der Waals surface area contributed by atoms with Crippen LogP contribution in [0.5, 0.6) is 5.75 Å². The van der Waals surface area contributed by atoms with E-state index in [1.54, 1.807) is 18.9 Å². The second-order valence-corrected chi connectivity index (χ2v) is 7.29. The zero-order chi connectivity index (χ0) is 18.2. The number of hydrogen-bond acceptors (Lipinski definition) is 4. The van der Waals surface area contributed by atoms with E-state index in [0.717, 1.165) is 24.2 Å². The van der Waals surface area contributed by atoms with E-state index in [2.05, 4.69) is 49.7 Å². The van der Waals surface area contributed by atoms with Crippen LogP contribution < -0.4 is 10.1 Å². The first-order chi connectivity index (χ1) is 12.0. The maximum atomic E-state index is 10.4. The summed E-state index contributed by atoms with van der Waals surface area (Å²) in [5.74, 6) is 0.890. The summed E-state index contributed by atoms with van der Waals surface area (Å²) < 4.78 is 5.18. The van der Waals surface area contributed by atoms with Crippen LogP contribution in [0.15, 0.2) is 47.4 Å². The first-order valence-electron chi connectivity index (χ1n) is 8.72. The Balaban J connectivity index is 1.79. The molecule has 3 nitrogen and oxygen atoms in total. The minimum Gasteiger partial charge on any atom is -0.497 e. The Hall–Kier alpha value is -1.49. The third-order valence-corrected chi connectivity index (χ3v) is 5.38. The van der Waals surface area contributed by atoms with E-state index in [-0.39, 0.29) is 0 Å². The first-order valence-corrected chi connectivity index (χ1v) is 9.95. The van der Waals surface area contributed by atoms with Gasteiger partial charge in [0.05, 0.1) is 13.2 Å². The highest BCUT2D eigenvalue weighted by Crippen LogP contribution is 2.24. The van der Waals surface area contributed by atoms with Crippen molar-refractivity contribution >= 4 is 11.8 Å². The van der Waals surface area contributed by atoms with E-state index in [9.17, 15) is 5.11 Å². The Morgan fingerprint density at radius 1 is 1.16 bits per heavy atom. The van der Waals surface area contributed by atoms with Crippen molar-refractivity contribution in [2.75, 3.05) is 19.9 Å². The standard InChI is InChI=1S/C21H29NO2S/c1-15-5-10-18(13-21(15)25-4)20(23)14-22-16(2)6-7-17-8-11-19(24-3)12-9-17/h5,8-13,16,20,22-23H,6-7,14H2,1-4H3. The van der Waals surface area contributed by atoms with Gasteiger partial charge >= 0.3 is 0 Å². The Kier molecular flexibility index (Phi) is 7.82. The zero-order valence-corrected chi connectivity index (χ0v) is 16.4. The average molecular weight is 360 g/mol. The molecule has 0 spiro atoms. The highest BCUT2D eigenvalue weighted by Gasteiger charge is 2.11. The van der Waals surface area contributed by atoms with E-state index in [1.165, 1.54) is 16.0 Å². The molecule has 2 aromatic rings. The Morgan fingerprint density at radius 3 is 2.52 bits per heavy atom. The van der Waals surface area contributed by atoms with Gasteiger partial charge < -0.3 is 15.2 Å². The molecule has 0 amide bonds. The maximum absolute atomic E-state index is 10.4. The van der Waals surface area contributed by atoms with Gasteiger partial charge in [-0.3, -0.25) is 0 Å². The maximum Gasteiger partial charge on any atom is 0.118 e. The molecule has 2 rings (SSSR count). The molecule has 2 N–H and O–H groups in total. The molecule has 0 aliphatic carbocycles. The molecule has 4 heteroatoms. The largest absolute Gasteiger partial charge is 0.497 e. The molecular formula is C21H29NO2S. The molecule has 0 aliphatic heterocycles. The minimum atomic E-state index is -0.477. The molecule has 2 aromatic carbocycles. The topological polar surface area (TPSA) is 41.5 Å². The number of thioether (sulfide) groups is 1. The number of ether oxygens (including phenoxy) is 1. The third-order valence-electron chi connectivity index (χ3n) is 4.50. The molecular weight excluding hydrogens is 330 g/mol. The number of benzene rings is 2.